The first kappa shape index (κ1) is 15.1. The van der Waals surface area contributed by atoms with Crippen LogP contribution in [0.3, 0.4) is 0 Å². The third-order valence-electron chi connectivity index (χ3n) is 3.99. The molecule has 2 N–H and O–H groups in total. The maximum atomic E-state index is 13.2. The summed E-state index contributed by atoms with van der Waals surface area (Å²) in [6, 6.07) is 12.2. The second-order valence-corrected chi connectivity index (χ2v) is 7.24. The molecule has 3 rings (SSSR count). The number of hydrogen-bond acceptors (Lipinski definition) is 3. The van der Waals surface area contributed by atoms with Gasteiger partial charge in [0, 0.05) is 6.54 Å². The molecule has 0 radical (unpaired) electrons. The van der Waals surface area contributed by atoms with Gasteiger partial charge in [-0.2, -0.15) is 0 Å². The molecule has 1 aliphatic rings. The highest BCUT2D eigenvalue weighted by atomic mass is 32.2. The average molecular weight is 321 g/mol. The molecule has 1 aliphatic carbocycles. The van der Waals surface area contributed by atoms with Crippen molar-refractivity contribution >= 4 is 10.0 Å². The molecule has 0 amide bonds. The van der Waals surface area contributed by atoms with Gasteiger partial charge in [-0.15, -0.1) is 0 Å². The van der Waals surface area contributed by atoms with Gasteiger partial charge in [-0.1, -0.05) is 30.3 Å². The third-order valence-corrected chi connectivity index (χ3v) is 5.39. The van der Waals surface area contributed by atoms with Crippen LogP contribution in [0.2, 0.25) is 0 Å². The number of aryl methyl sites for hydroxylation is 1. The van der Waals surface area contributed by atoms with Crippen molar-refractivity contribution in [3.63, 3.8) is 0 Å². The van der Waals surface area contributed by atoms with E-state index in [0.717, 1.165) is 17.2 Å². The van der Waals surface area contributed by atoms with Crippen LogP contribution in [-0.4, -0.2) is 20.1 Å². The molecule has 0 fully saturated rings. The van der Waals surface area contributed by atoms with Crippen LogP contribution in [0.5, 0.6) is 0 Å². The molecule has 2 aromatic rings. The van der Waals surface area contributed by atoms with E-state index >= 15 is 0 Å². The van der Waals surface area contributed by atoms with Crippen LogP contribution in [0.1, 0.15) is 17.5 Å². The molecule has 0 saturated heterocycles. The van der Waals surface area contributed by atoms with Gasteiger partial charge in [0.1, 0.15) is 11.4 Å². The Hall–Kier alpha value is -1.76. The first-order valence-electron chi connectivity index (χ1n) is 6.97. The van der Waals surface area contributed by atoms with E-state index in [1.807, 2.05) is 18.2 Å². The highest BCUT2D eigenvalue weighted by Crippen LogP contribution is 2.36. The fourth-order valence-corrected chi connectivity index (χ4v) is 3.90. The number of hydrogen-bond donors (Lipinski definition) is 2. The average Bonchev–Trinajstić information content (AvgIpc) is 2.84. The number of halogens is 1. The summed E-state index contributed by atoms with van der Waals surface area (Å²) in [6.07, 6.45) is 1.16. The molecular weight excluding hydrogens is 305 g/mol. The minimum Gasteiger partial charge on any atom is -0.384 e. The second kappa shape index (κ2) is 5.46. The van der Waals surface area contributed by atoms with E-state index in [9.17, 15) is 17.9 Å². The van der Waals surface area contributed by atoms with E-state index in [1.54, 1.807) is 6.07 Å². The predicted molar refractivity (Wildman–Crippen MR) is 80.2 cm³/mol. The molecular formula is C16H16FNO3S. The smallest absolute Gasteiger partial charge is 0.240 e. The Morgan fingerprint density at radius 3 is 2.73 bits per heavy atom. The summed E-state index contributed by atoms with van der Waals surface area (Å²) in [6.45, 7) is -0.136. The van der Waals surface area contributed by atoms with Crippen molar-refractivity contribution in [2.24, 2.45) is 0 Å². The van der Waals surface area contributed by atoms with Gasteiger partial charge in [0.2, 0.25) is 10.0 Å². The zero-order valence-electron chi connectivity index (χ0n) is 11.8. The molecule has 0 bridgehead atoms. The van der Waals surface area contributed by atoms with Gasteiger partial charge in [0.15, 0.2) is 0 Å². The van der Waals surface area contributed by atoms with Gasteiger partial charge in [-0.25, -0.2) is 17.5 Å². The lowest BCUT2D eigenvalue weighted by atomic mass is 9.96. The van der Waals surface area contributed by atoms with E-state index in [2.05, 4.69) is 4.72 Å². The fraction of sp³-hybridized carbons (Fsp3) is 0.250. The summed E-state index contributed by atoms with van der Waals surface area (Å²) in [4.78, 5) is -0.151. The third kappa shape index (κ3) is 2.77. The number of sulfonamides is 1. The number of nitrogens with one attached hydrogen (secondary N) is 1. The predicted octanol–water partition coefficient (Wildman–Crippen LogP) is 1.94. The molecule has 1 atom stereocenters. The summed E-state index contributed by atoms with van der Waals surface area (Å²) in [5.41, 5.74) is 0.545. The summed E-state index contributed by atoms with van der Waals surface area (Å²) in [5, 5.41) is 10.7. The Balaban J connectivity index is 1.81. The zero-order chi connectivity index (χ0) is 15.8. The minimum absolute atomic E-state index is 0.136. The van der Waals surface area contributed by atoms with Gasteiger partial charge in [-0.05, 0) is 42.2 Å². The van der Waals surface area contributed by atoms with Crippen LogP contribution in [0.15, 0.2) is 53.4 Å². The van der Waals surface area contributed by atoms with Crippen molar-refractivity contribution in [3.05, 3.63) is 65.5 Å². The molecule has 0 aromatic heterocycles. The van der Waals surface area contributed by atoms with Crippen LogP contribution in [0, 0.1) is 5.82 Å². The lowest BCUT2D eigenvalue weighted by Gasteiger charge is -2.24. The molecule has 0 saturated carbocycles. The van der Waals surface area contributed by atoms with Crippen molar-refractivity contribution in [1.82, 2.24) is 4.72 Å². The maximum Gasteiger partial charge on any atom is 0.240 e. The largest absolute Gasteiger partial charge is 0.384 e. The van der Waals surface area contributed by atoms with E-state index in [0.29, 0.717) is 12.8 Å². The highest BCUT2D eigenvalue weighted by molar-refractivity contribution is 7.89. The quantitative estimate of drug-likeness (QED) is 0.904. The fourth-order valence-electron chi connectivity index (χ4n) is 2.78. The first-order valence-corrected chi connectivity index (χ1v) is 8.45. The van der Waals surface area contributed by atoms with E-state index in [4.69, 9.17) is 0 Å². The molecule has 22 heavy (non-hydrogen) atoms. The topological polar surface area (TPSA) is 66.4 Å². The standard InChI is InChI=1S/C16H16FNO3S/c17-13-5-3-6-14(10-13)22(20,21)18-11-16(19)9-8-12-4-1-2-7-15(12)16/h1-7,10,18-19H,8-9,11H2. The molecule has 2 aromatic carbocycles. The van der Waals surface area contributed by atoms with Crippen molar-refractivity contribution in [3.8, 4) is 0 Å². The van der Waals surface area contributed by atoms with Crippen LogP contribution >= 0.6 is 0 Å². The Labute approximate surface area is 128 Å². The van der Waals surface area contributed by atoms with Crippen LogP contribution < -0.4 is 4.72 Å². The van der Waals surface area contributed by atoms with Crippen LogP contribution in [0.25, 0.3) is 0 Å². The Kier molecular flexibility index (Phi) is 3.76. The van der Waals surface area contributed by atoms with Gasteiger partial charge in [0.05, 0.1) is 4.90 Å². The molecule has 116 valence electrons. The Bertz CT molecular complexity index is 807. The molecule has 0 spiro atoms. The van der Waals surface area contributed by atoms with E-state index in [1.165, 1.54) is 18.2 Å². The van der Waals surface area contributed by atoms with Crippen molar-refractivity contribution in [2.45, 2.75) is 23.3 Å². The van der Waals surface area contributed by atoms with E-state index < -0.39 is 21.4 Å². The molecule has 0 heterocycles. The van der Waals surface area contributed by atoms with Crippen molar-refractivity contribution in [2.75, 3.05) is 6.54 Å². The summed E-state index contributed by atoms with van der Waals surface area (Å²) in [5.74, 6) is -0.618. The summed E-state index contributed by atoms with van der Waals surface area (Å²) < 4.78 is 40.0. The number of fused-ring (bicyclic) bond motifs is 1. The number of aliphatic hydroxyl groups is 1. The van der Waals surface area contributed by atoms with Gasteiger partial charge >= 0.3 is 0 Å². The summed E-state index contributed by atoms with van der Waals surface area (Å²) >= 11 is 0. The monoisotopic (exact) mass is 321 g/mol. The molecule has 4 nitrogen and oxygen atoms in total. The normalized spacial score (nSPS) is 20.8. The lowest BCUT2D eigenvalue weighted by Crippen LogP contribution is -2.39. The Morgan fingerprint density at radius 2 is 1.95 bits per heavy atom. The van der Waals surface area contributed by atoms with Gasteiger partial charge in [0.25, 0.3) is 0 Å². The Morgan fingerprint density at radius 1 is 1.18 bits per heavy atom. The molecule has 1 unspecified atom stereocenters. The second-order valence-electron chi connectivity index (χ2n) is 5.47. The molecule has 6 heteroatoms. The van der Waals surface area contributed by atoms with Crippen LogP contribution in [-0.2, 0) is 22.0 Å². The maximum absolute atomic E-state index is 13.2. The summed E-state index contributed by atoms with van der Waals surface area (Å²) in [7, 11) is -3.86. The number of benzene rings is 2. The van der Waals surface area contributed by atoms with Crippen LogP contribution in [0.4, 0.5) is 4.39 Å². The number of rotatable bonds is 4. The van der Waals surface area contributed by atoms with Crippen molar-refractivity contribution in [1.29, 1.82) is 0 Å². The minimum atomic E-state index is -3.86. The highest BCUT2D eigenvalue weighted by Gasteiger charge is 2.37. The van der Waals surface area contributed by atoms with Gasteiger partial charge in [-0.3, -0.25) is 0 Å². The van der Waals surface area contributed by atoms with Gasteiger partial charge < -0.3 is 5.11 Å². The lowest BCUT2D eigenvalue weighted by molar-refractivity contribution is 0.0442. The SMILES string of the molecule is O=S(=O)(NCC1(O)CCc2ccccc21)c1cccc(F)c1. The van der Waals surface area contributed by atoms with Crippen molar-refractivity contribution < 1.29 is 17.9 Å². The molecule has 0 aliphatic heterocycles. The van der Waals surface area contributed by atoms with E-state index in [-0.39, 0.29) is 11.4 Å². The zero-order valence-corrected chi connectivity index (χ0v) is 12.6. The first-order chi connectivity index (χ1) is 10.4.